The van der Waals surface area contributed by atoms with Crippen molar-refractivity contribution in [3.05, 3.63) is 23.1 Å². The van der Waals surface area contributed by atoms with Gasteiger partial charge in [-0.2, -0.15) is 0 Å². The van der Waals surface area contributed by atoms with Crippen molar-refractivity contribution in [2.24, 2.45) is 0 Å². The van der Waals surface area contributed by atoms with Gasteiger partial charge >= 0.3 is 0 Å². The maximum atomic E-state index is 11.1. The van der Waals surface area contributed by atoms with E-state index in [1.165, 1.54) is 12.5 Å². The van der Waals surface area contributed by atoms with Crippen LogP contribution in [0.3, 0.4) is 0 Å². The van der Waals surface area contributed by atoms with Gasteiger partial charge < -0.3 is 14.2 Å². The normalized spacial score (nSPS) is 15.8. The van der Waals surface area contributed by atoms with E-state index < -0.39 is 5.60 Å². The van der Waals surface area contributed by atoms with Crippen LogP contribution in [0.15, 0.2) is 23.1 Å². The van der Waals surface area contributed by atoms with Crippen LogP contribution >= 0.6 is 0 Å². The van der Waals surface area contributed by atoms with Crippen molar-refractivity contribution in [2.45, 2.75) is 39.7 Å². The summed E-state index contributed by atoms with van der Waals surface area (Å²) in [5.74, 6) is 0.335. The summed E-state index contributed by atoms with van der Waals surface area (Å²) in [5.41, 5.74) is 1.80. The molecule has 0 aromatic rings. The number of hydrogen-bond donors (Lipinski definition) is 1. The minimum absolute atomic E-state index is 0.145. The van der Waals surface area contributed by atoms with E-state index in [4.69, 9.17) is 14.2 Å². The van der Waals surface area contributed by atoms with Crippen LogP contribution < -0.4 is 5.32 Å². The van der Waals surface area contributed by atoms with E-state index in [0.717, 1.165) is 12.0 Å². The van der Waals surface area contributed by atoms with E-state index in [2.05, 4.69) is 12.2 Å². The Labute approximate surface area is 121 Å². The first-order valence-electron chi connectivity index (χ1n) is 6.88. The van der Waals surface area contributed by atoms with E-state index >= 15 is 0 Å². The molecule has 0 saturated heterocycles. The average Bonchev–Trinajstić information content (AvgIpc) is 2.38. The number of amides is 1. The zero-order chi connectivity index (χ0) is 15.2. The molecule has 0 atom stereocenters. The maximum absolute atomic E-state index is 11.1. The van der Waals surface area contributed by atoms with E-state index in [0.29, 0.717) is 25.7 Å². The molecule has 1 N–H and O–H groups in total. The summed E-state index contributed by atoms with van der Waals surface area (Å²) in [6, 6.07) is 0. The summed E-state index contributed by atoms with van der Waals surface area (Å²) in [6.45, 7) is 9.13. The predicted octanol–water partition coefficient (Wildman–Crippen LogP) is 2.14. The highest BCUT2D eigenvalue weighted by Gasteiger charge is 2.28. The fraction of sp³-hybridized carbons (Fsp3) is 0.667. The first-order valence-corrected chi connectivity index (χ1v) is 6.88. The van der Waals surface area contributed by atoms with Crippen molar-refractivity contribution in [1.29, 1.82) is 0 Å². The molecular formula is C15H25NO4. The molecule has 1 amide bonds. The fourth-order valence-electron chi connectivity index (χ4n) is 2.11. The molecule has 0 aromatic heterocycles. The second-order valence-electron chi connectivity index (χ2n) is 5.20. The minimum atomic E-state index is -0.447. The van der Waals surface area contributed by atoms with Gasteiger partial charge in [0.15, 0.2) is 5.88 Å². The van der Waals surface area contributed by atoms with E-state index in [9.17, 15) is 4.79 Å². The Balaban J connectivity index is 2.92. The quantitative estimate of drug-likeness (QED) is 0.727. The van der Waals surface area contributed by atoms with Crippen molar-refractivity contribution < 1.29 is 19.0 Å². The molecule has 1 aliphatic rings. The highest BCUT2D eigenvalue weighted by atomic mass is 16.5. The number of ether oxygens (including phenoxy) is 3. The van der Waals surface area contributed by atoms with Gasteiger partial charge in [-0.05, 0) is 31.4 Å². The van der Waals surface area contributed by atoms with Gasteiger partial charge in [-0.15, -0.1) is 0 Å². The largest absolute Gasteiger partial charge is 0.474 e. The van der Waals surface area contributed by atoms with Crippen LogP contribution in [0.5, 0.6) is 0 Å². The lowest BCUT2D eigenvalue weighted by Crippen LogP contribution is -2.33. The predicted molar refractivity (Wildman–Crippen MR) is 77.1 cm³/mol. The molecule has 0 aliphatic carbocycles. The number of carbonyl (C=O) groups is 1. The highest BCUT2D eigenvalue weighted by molar-refractivity contribution is 5.74. The van der Waals surface area contributed by atoms with Crippen molar-refractivity contribution in [3.8, 4) is 0 Å². The van der Waals surface area contributed by atoms with Crippen LogP contribution in [0.2, 0.25) is 0 Å². The van der Waals surface area contributed by atoms with Crippen LogP contribution in [0, 0.1) is 0 Å². The molecule has 1 aliphatic heterocycles. The van der Waals surface area contributed by atoms with Crippen molar-refractivity contribution in [3.63, 3.8) is 0 Å². The summed E-state index contributed by atoms with van der Waals surface area (Å²) in [7, 11) is 1.65. The third-order valence-corrected chi connectivity index (χ3v) is 3.18. The fourth-order valence-corrected chi connectivity index (χ4v) is 2.11. The molecule has 114 valence electrons. The molecular weight excluding hydrogens is 258 g/mol. The van der Waals surface area contributed by atoms with Crippen LogP contribution in [0.25, 0.3) is 0 Å². The van der Waals surface area contributed by atoms with Gasteiger partial charge in [0.2, 0.25) is 5.91 Å². The maximum Gasteiger partial charge on any atom is 0.223 e. The van der Waals surface area contributed by atoms with Gasteiger partial charge in [-0.1, -0.05) is 6.92 Å². The molecule has 0 unspecified atom stereocenters. The van der Waals surface area contributed by atoms with Crippen LogP contribution in [-0.4, -0.2) is 38.4 Å². The van der Waals surface area contributed by atoms with E-state index in [1.807, 2.05) is 19.9 Å². The lowest BCUT2D eigenvalue weighted by atomic mass is 9.90. The van der Waals surface area contributed by atoms with Crippen molar-refractivity contribution >= 4 is 5.91 Å². The van der Waals surface area contributed by atoms with Crippen molar-refractivity contribution in [2.75, 3.05) is 26.9 Å². The first kappa shape index (κ1) is 16.7. The smallest absolute Gasteiger partial charge is 0.223 e. The number of nitrogens with one attached hydrogen (secondary N) is 1. The summed E-state index contributed by atoms with van der Waals surface area (Å²) in [5, 5.41) is 2.68. The highest BCUT2D eigenvalue weighted by Crippen LogP contribution is 2.30. The summed E-state index contributed by atoms with van der Waals surface area (Å²) >= 11 is 0. The number of hydrogen-bond acceptors (Lipinski definition) is 4. The molecule has 5 heteroatoms. The van der Waals surface area contributed by atoms with E-state index in [1.54, 1.807) is 7.11 Å². The molecule has 5 nitrogen and oxygen atoms in total. The Morgan fingerprint density at radius 2 is 2.15 bits per heavy atom. The number of carbonyl (C=O) groups excluding carboxylic acids is 1. The minimum Gasteiger partial charge on any atom is -0.474 e. The third-order valence-electron chi connectivity index (χ3n) is 3.18. The SMILES string of the molecule is CCC1=C(C(C)(C)OCCOC)C=C(NC(C)=O)OC1. The molecule has 1 heterocycles. The molecule has 0 spiro atoms. The molecule has 0 saturated carbocycles. The van der Waals surface area contributed by atoms with Crippen molar-refractivity contribution in [1.82, 2.24) is 5.32 Å². The molecule has 1 rings (SSSR count). The first-order chi connectivity index (χ1) is 9.40. The third kappa shape index (κ3) is 4.65. The second-order valence-corrected chi connectivity index (χ2v) is 5.20. The molecule has 0 aromatic carbocycles. The Morgan fingerprint density at radius 1 is 1.45 bits per heavy atom. The summed E-state index contributed by atoms with van der Waals surface area (Å²) < 4.78 is 16.4. The van der Waals surface area contributed by atoms with Gasteiger partial charge in [0.05, 0.1) is 18.8 Å². The zero-order valence-electron chi connectivity index (χ0n) is 13.0. The van der Waals surface area contributed by atoms with Gasteiger partial charge in [0, 0.05) is 20.1 Å². The lowest BCUT2D eigenvalue weighted by molar-refractivity contribution is -0.119. The molecule has 0 bridgehead atoms. The Bertz CT molecular complexity index is 410. The topological polar surface area (TPSA) is 56.8 Å². The van der Waals surface area contributed by atoms with Gasteiger partial charge in [0.25, 0.3) is 0 Å². The van der Waals surface area contributed by atoms with Crippen LogP contribution in [-0.2, 0) is 19.0 Å². The Morgan fingerprint density at radius 3 is 2.70 bits per heavy atom. The number of methoxy groups -OCH3 is 1. The van der Waals surface area contributed by atoms with Gasteiger partial charge in [-0.3, -0.25) is 10.1 Å². The zero-order valence-corrected chi connectivity index (χ0v) is 13.0. The summed E-state index contributed by atoms with van der Waals surface area (Å²) in [4.78, 5) is 11.1. The second kappa shape index (κ2) is 7.45. The standard InChI is InChI=1S/C15H25NO4/c1-6-12-10-19-14(16-11(2)17)9-13(12)15(3,4)20-8-7-18-5/h9H,6-8,10H2,1-5H3,(H,16,17). The van der Waals surface area contributed by atoms with Gasteiger partial charge in [-0.25, -0.2) is 0 Å². The Hall–Kier alpha value is -1.33. The van der Waals surface area contributed by atoms with E-state index in [-0.39, 0.29) is 5.91 Å². The average molecular weight is 283 g/mol. The molecule has 20 heavy (non-hydrogen) atoms. The van der Waals surface area contributed by atoms with Gasteiger partial charge in [0.1, 0.15) is 6.61 Å². The number of rotatable bonds is 7. The van der Waals surface area contributed by atoms with Crippen LogP contribution in [0.1, 0.15) is 34.1 Å². The monoisotopic (exact) mass is 283 g/mol. The Kier molecular flexibility index (Phi) is 6.23. The lowest BCUT2D eigenvalue weighted by Gasteiger charge is -2.32. The molecule has 0 radical (unpaired) electrons. The summed E-state index contributed by atoms with van der Waals surface area (Å²) in [6.07, 6.45) is 2.74. The van der Waals surface area contributed by atoms with Crippen LogP contribution in [0.4, 0.5) is 0 Å². The molecule has 0 fully saturated rings.